The third kappa shape index (κ3) is 4.59. The van der Waals surface area contributed by atoms with Crippen molar-refractivity contribution in [2.24, 2.45) is 13.5 Å². The minimum Gasteiger partial charge on any atom is -0.316 e. The molecule has 5 saturated heterocycles. The zero-order valence-electron chi connectivity index (χ0n) is 22.4. The Morgan fingerprint density at radius 2 is 1.14 bits per heavy atom. The quantitative estimate of drug-likeness (QED) is 0.329. The second kappa shape index (κ2) is 10.7. The summed E-state index contributed by atoms with van der Waals surface area (Å²) in [5.74, 6) is 0. The summed E-state index contributed by atoms with van der Waals surface area (Å²) in [6.07, 6.45) is 19.1. The van der Waals surface area contributed by atoms with Crippen LogP contribution in [-0.4, -0.2) is 95.4 Å². The first-order chi connectivity index (χ1) is 18.2. The Labute approximate surface area is 223 Å². The van der Waals surface area contributed by atoms with E-state index in [1.54, 1.807) is 0 Å². The van der Waals surface area contributed by atoms with Gasteiger partial charge in [-0.25, -0.2) is 23.4 Å². The first-order valence-corrected chi connectivity index (χ1v) is 19.7. The number of rotatable bonds is 6. The Hall–Kier alpha value is -0.0700. The van der Waals surface area contributed by atoms with Crippen LogP contribution < -0.4 is 0 Å². The van der Waals surface area contributed by atoms with Crippen molar-refractivity contribution >= 4 is 22.6 Å². The summed E-state index contributed by atoms with van der Waals surface area (Å²) < 4.78 is 38.8. The first-order valence-electron chi connectivity index (χ1n) is 14.9. The molecule has 7 aliphatic rings. The van der Waals surface area contributed by atoms with Gasteiger partial charge < -0.3 is 4.52 Å². The van der Waals surface area contributed by atoms with Crippen molar-refractivity contribution in [2.75, 3.05) is 72.1 Å². The van der Waals surface area contributed by atoms with Gasteiger partial charge in [0.15, 0.2) is 0 Å². The van der Waals surface area contributed by atoms with Crippen molar-refractivity contribution in [2.45, 2.75) is 64.2 Å². The van der Waals surface area contributed by atoms with E-state index in [9.17, 15) is 0 Å². The van der Waals surface area contributed by atoms with Gasteiger partial charge in [0.2, 0.25) is 15.0 Å². The minimum absolute atomic E-state index is 0.786. The van der Waals surface area contributed by atoms with Gasteiger partial charge in [-0.3, -0.25) is 0 Å². The second-order valence-corrected chi connectivity index (χ2v) is 19.9. The van der Waals surface area contributed by atoms with Crippen molar-refractivity contribution in [1.29, 1.82) is 0 Å². The lowest BCUT2D eigenvalue weighted by molar-refractivity contribution is 0.242. The molecule has 0 aromatic heterocycles. The van der Waals surface area contributed by atoms with Crippen LogP contribution in [0, 0.1) is 0 Å². The molecular formula is C25H45N8OP3. The van der Waals surface area contributed by atoms with Crippen LogP contribution in [0.5, 0.6) is 0 Å². The zero-order chi connectivity index (χ0) is 24.8. The van der Waals surface area contributed by atoms with E-state index in [1.807, 2.05) is 0 Å². The summed E-state index contributed by atoms with van der Waals surface area (Å²) in [5, 5.41) is 0. The van der Waals surface area contributed by atoms with Crippen LogP contribution in [0.1, 0.15) is 64.2 Å². The molecule has 206 valence electrons. The highest BCUT2D eigenvalue weighted by Crippen LogP contribution is 2.84. The highest BCUT2D eigenvalue weighted by Gasteiger charge is 2.52. The van der Waals surface area contributed by atoms with Crippen LogP contribution in [-0.2, 0) is 4.52 Å². The molecule has 0 bridgehead atoms. The molecular weight excluding hydrogens is 521 g/mol. The summed E-state index contributed by atoms with van der Waals surface area (Å²) in [6.45, 7) is 11.8. The van der Waals surface area contributed by atoms with E-state index < -0.39 is 22.6 Å². The van der Waals surface area contributed by atoms with Gasteiger partial charge in [0, 0.05) is 65.4 Å². The molecule has 1 unspecified atom stereocenters. The predicted octanol–water partition coefficient (Wildman–Crippen LogP) is 6.83. The third-order valence-corrected chi connectivity index (χ3v) is 20.9. The summed E-state index contributed by atoms with van der Waals surface area (Å²) in [5.41, 5.74) is 1.48. The molecule has 0 aromatic rings. The fourth-order valence-corrected chi connectivity index (χ4v) is 22.5. The molecule has 0 N–H and O–H groups in total. The molecule has 6 aliphatic heterocycles. The molecule has 9 nitrogen and oxygen atoms in total. The van der Waals surface area contributed by atoms with Crippen LogP contribution in [0.2, 0.25) is 0 Å². The predicted molar refractivity (Wildman–Crippen MR) is 155 cm³/mol. The van der Waals surface area contributed by atoms with E-state index >= 15 is 0 Å². The molecule has 5 fully saturated rings. The van der Waals surface area contributed by atoms with E-state index in [4.69, 9.17) is 18.1 Å². The zero-order valence-corrected chi connectivity index (χ0v) is 25.1. The van der Waals surface area contributed by atoms with Gasteiger partial charge in [0.1, 0.15) is 0 Å². The molecule has 7 rings (SSSR count). The van der Waals surface area contributed by atoms with Gasteiger partial charge >= 0.3 is 0 Å². The lowest BCUT2D eigenvalue weighted by Crippen LogP contribution is -2.35. The van der Waals surface area contributed by atoms with Crippen molar-refractivity contribution in [3.05, 3.63) is 23.8 Å². The molecule has 1 spiro atoms. The van der Waals surface area contributed by atoms with Crippen LogP contribution in [0.4, 0.5) is 0 Å². The normalized spacial score (nSPS) is 35.2. The van der Waals surface area contributed by atoms with Gasteiger partial charge in [-0.05, 0) is 64.2 Å². The fourth-order valence-electron chi connectivity index (χ4n) is 7.04. The maximum Gasteiger partial charge on any atom is 0.282 e. The molecule has 1 aliphatic carbocycles. The number of allylic oxidation sites excluding steroid dienone is 3. The van der Waals surface area contributed by atoms with E-state index in [2.05, 4.69) is 41.6 Å². The molecule has 0 amide bonds. The Kier molecular flexibility index (Phi) is 7.50. The Balaban J connectivity index is 1.48. The molecule has 0 aromatic carbocycles. The smallest absolute Gasteiger partial charge is 0.282 e. The average Bonchev–Trinajstić information content (AvgIpc) is 3.77. The van der Waals surface area contributed by atoms with Crippen LogP contribution in [0.25, 0.3) is 0 Å². The van der Waals surface area contributed by atoms with Crippen LogP contribution in [0.15, 0.2) is 37.3 Å². The standard InChI is InChI=1S/C25H45N8OP3/c1-2-13-25(12-1)24-33-22-11-23-34-37(33)27-35(29-14-3-4-15-29,30-16-5-6-17-30)26-36(28-37,31-18-7-8-19-31)32-20-9-10-21-32/h1-2,12H,3-11,13-24H2. The summed E-state index contributed by atoms with van der Waals surface area (Å²) in [6, 6.07) is 0. The van der Waals surface area contributed by atoms with E-state index in [0.29, 0.717) is 0 Å². The lowest BCUT2D eigenvalue weighted by Gasteiger charge is -2.49. The van der Waals surface area contributed by atoms with Gasteiger partial charge in [-0.15, -0.1) is 0 Å². The van der Waals surface area contributed by atoms with Gasteiger partial charge in [0.05, 0.1) is 6.61 Å². The monoisotopic (exact) mass is 566 g/mol. The Morgan fingerprint density at radius 1 is 0.622 bits per heavy atom. The van der Waals surface area contributed by atoms with Gasteiger partial charge in [-0.2, -0.15) is 13.5 Å². The number of hydrogen-bond donors (Lipinski definition) is 0. The third-order valence-electron chi connectivity index (χ3n) is 8.99. The van der Waals surface area contributed by atoms with Crippen molar-refractivity contribution < 1.29 is 4.52 Å². The topological polar surface area (TPSA) is 62.5 Å². The molecule has 12 heteroatoms. The van der Waals surface area contributed by atoms with Crippen LogP contribution in [0.3, 0.4) is 0 Å². The summed E-state index contributed by atoms with van der Waals surface area (Å²) in [4.78, 5) is 0. The van der Waals surface area contributed by atoms with Crippen LogP contribution >= 0.6 is 22.6 Å². The van der Waals surface area contributed by atoms with E-state index in [-0.39, 0.29) is 0 Å². The Bertz CT molecular complexity index is 1020. The Morgan fingerprint density at radius 3 is 1.62 bits per heavy atom. The SMILES string of the molecule is C1=CCC(CN2CCCOP23=NP(N2CCCC2)(N2CCCC2)=NP(N2CCCC2)(N2CCCC2)=N3)=C1. The maximum atomic E-state index is 7.02. The van der Waals surface area contributed by atoms with E-state index in [1.165, 1.54) is 56.9 Å². The maximum absolute atomic E-state index is 7.02. The number of nitrogens with zero attached hydrogens (tertiary/aromatic N) is 8. The first kappa shape index (κ1) is 25.9. The molecule has 0 saturated carbocycles. The second-order valence-electron chi connectivity index (χ2n) is 11.5. The summed E-state index contributed by atoms with van der Waals surface area (Å²) in [7, 11) is -7.13. The number of hydrogen-bond acceptors (Lipinski definition) is 9. The van der Waals surface area contributed by atoms with Gasteiger partial charge in [-0.1, -0.05) is 23.8 Å². The average molecular weight is 567 g/mol. The molecule has 37 heavy (non-hydrogen) atoms. The molecule has 6 heterocycles. The van der Waals surface area contributed by atoms with Gasteiger partial charge in [0.25, 0.3) is 7.58 Å². The highest BCUT2D eigenvalue weighted by atomic mass is 31.3. The highest BCUT2D eigenvalue weighted by molar-refractivity contribution is 7.82. The van der Waals surface area contributed by atoms with Crippen molar-refractivity contribution in [1.82, 2.24) is 23.4 Å². The summed E-state index contributed by atoms with van der Waals surface area (Å²) >= 11 is 0. The molecule has 0 radical (unpaired) electrons. The van der Waals surface area contributed by atoms with E-state index in [0.717, 1.165) is 84.9 Å². The fraction of sp³-hybridized carbons (Fsp3) is 0.840. The molecule has 1 atom stereocenters. The largest absolute Gasteiger partial charge is 0.316 e. The minimum atomic E-state index is -2.55. The lowest BCUT2D eigenvalue weighted by atomic mass is 10.2. The van der Waals surface area contributed by atoms with Crippen molar-refractivity contribution in [3.8, 4) is 0 Å². The van der Waals surface area contributed by atoms with Crippen molar-refractivity contribution in [3.63, 3.8) is 0 Å².